The maximum absolute atomic E-state index is 14.3. The van der Waals surface area contributed by atoms with Crippen LogP contribution in [0.3, 0.4) is 0 Å². The molecule has 0 radical (unpaired) electrons. The van der Waals surface area contributed by atoms with E-state index < -0.39 is 0 Å². The predicted octanol–water partition coefficient (Wildman–Crippen LogP) is 4.23. The fraction of sp³-hybridized carbons (Fsp3) is 0.393. The number of carbonyl (C=O) groups is 1. The monoisotopic (exact) mass is 494 g/mol. The van der Waals surface area contributed by atoms with E-state index in [1.54, 1.807) is 18.2 Å². The van der Waals surface area contributed by atoms with Crippen LogP contribution in [-0.2, 0) is 11.3 Å². The predicted molar refractivity (Wildman–Crippen MR) is 137 cm³/mol. The van der Waals surface area contributed by atoms with Gasteiger partial charge in [-0.15, -0.1) is 0 Å². The number of morpholine rings is 1. The Morgan fingerprint density at radius 2 is 1.61 bits per heavy atom. The largest absolute Gasteiger partial charge is 0.378 e. The summed E-state index contributed by atoms with van der Waals surface area (Å²) in [7, 11) is 0. The molecule has 2 fully saturated rings. The van der Waals surface area contributed by atoms with E-state index in [2.05, 4.69) is 4.90 Å². The normalized spacial score (nSPS) is 16.5. The molecule has 3 heterocycles. The van der Waals surface area contributed by atoms with Crippen LogP contribution in [0.15, 0.2) is 48.5 Å². The molecule has 0 aliphatic carbocycles. The summed E-state index contributed by atoms with van der Waals surface area (Å²) in [6, 6.07) is 13.3. The van der Waals surface area contributed by atoms with Gasteiger partial charge in [0, 0.05) is 57.1 Å². The minimum absolute atomic E-state index is 0.0419. The van der Waals surface area contributed by atoms with Gasteiger partial charge in [-0.05, 0) is 43.7 Å². The summed E-state index contributed by atoms with van der Waals surface area (Å²) in [6.45, 7) is 9.40. The zero-order chi connectivity index (χ0) is 25.2. The molecule has 0 saturated carbocycles. The lowest BCUT2D eigenvalue weighted by Gasteiger charge is -2.36. The topological polar surface area (TPSA) is 41.0 Å². The highest BCUT2D eigenvalue weighted by molar-refractivity contribution is 5.97. The Labute approximate surface area is 210 Å². The number of piperazine rings is 1. The van der Waals surface area contributed by atoms with Crippen molar-refractivity contribution in [2.45, 2.75) is 20.4 Å². The number of halogens is 2. The molecular weight excluding hydrogens is 462 g/mol. The Morgan fingerprint density at radius 3 is 2.31 bits per heavy atom. The van der Waals surface area contributed by atoms with Crippen molar-refractivity contribution in [3.63, 3.8) is 0 Å². The lowest BCUT2D eigenvalue weighted by atomic mass is 10.1. The van der Waals surface area contributed by atoms with E-state index in [0.717, 1.165) is 35.6 Å². The first-order valence-corrected chi connectivity index (χ1v) is 12.5. The van der Waals surface area contributed by atoms with Gasteiger partial charge in [0.1, 0.15) is 17.3 Å². The van der Waals surface area contributed by atoms with E-state index in [1.807, 2.05) is 40.3 Å². The summed E-state index contributed by atoms with van der Waals surface area (Å²) in [5.74, 6) is -0.581. The molecule has 0 bridgehead atoms. The molecule has 0 unspecified atom stereocenters. The maximum Gasteiger partial charge on any atom is 0.270 e. The molecule has 2 saturated heterocycles. The van der Waals surface area contributed by atoms with Gasteiger partial charge in [-0.3, -0.25) is 4.79 Å². The van der Waals surface area contributed by atoms with Crippen molar-refractivity contribution in [2.75, 3.05) is 62.3 Å². The second-order valence-corrected chi connectivity index (χ2v) is 9.45. The van der Waals surface area contributed by atoms with Gasteiger partial charge in [0.25, 0.3) is 5.91 Å². The lowest BCUT2D eigenvalue weighted by molar-refractivity contribution is 0.0735. The minimum atomic E-state index is -0.292. The van der Waals surface area contributed by atoms with Crippen molar-refractivity contribution in [2.24, 2.45) is 0 Å². The van der Waals surface area contributed by atoms with E-state index in [4.69, 9.17) is 4.74 Å². The zero-order valence-electron chi connectivity index (χ0n) is 20.8. The van der Waals surface area contributed by atoms with Crippen molar-refractivity contribution >= 4 is 17.3 Å². The standard InChI is InChI=1S/C28H32F2N4O2/c1-20-26(32-14-16-36-17-15-32)21(2)34(19-22-6-5-7-23(29)18-22)27(20)28(35)33-12-10-31(11-13-33)25-9-4-3-8-24(25)30/h3-9,18H,10-17,19H2,1-2H3. The van der Waals surface area contributed by atoms with Crippen molar-refractivity contribution in [3.8, 4) is 0 Å². The molecule has 2 aliphatic rings. The quantitative estimate of drug-likeness (QED) is 0.532. The number of amides is 1. The molecule has 0 N–H and O–H groups in total. The number of hydrogen-bond acceptors (Lipinski definition) is 4. The molecule has 5 rings (SSSR count). The summed E-state index contributed by atoms with van der Waals surface area (Å²) in [5, 5.41) is 0. The number of para-hydroxylation sites is 1. The molecule has 0 spiro atoms. The Bertz CT molecular complexity index is 1240. The van der Waals surface area contributed by atoms with Crippen molar-refractivity contribution in [3.05, 3.63) is 82.7 Å². The third-order valence-electron chi connectivity index (χ3n) is 7.25. The molecule has 1 aromatic heterocycles. The number of ether oxygens (including phenoxy) is 1. The number of anilines is 2. The van der Waals surface area contributed by atoms with Crippen LogP contribution in [0, 0.1) is 25.5 Å². The number of hydrogen-bond donors (Lipinski definition) is 0. The van der Waals surface area contributed by atoms with Crippen LogP contribution >= 0.6 is 0 Å². The number of rotatable bonds is 5. The van der Waals surface area contributed by atoms with E-state index in [9.17, 15) is 13.6 Å². The van der Waals surface area contributed by atoms with Crippen molar-refractivity contribution in [1.82, 2.24) is 9.47 Å². The Hall–Kier alpha value is -3.39. The van der Waals surface area contributed by atoms with Crippen LogP contribution in [0.5, 0.6) is 0 Å². The second kappa shape index (κ2) is 10.3. The van der Waals surface area contributed by atoms with E-state index >= 15 is 0 Å². The van der Waals surface area contributed by atoms with Crippen LogP contribution in [0.25, 0.3) is 0 Å². The number of carbonyl (C=O) groups excluding carboxylic acids is 1. The van der Waals surface area contributed by atoms with Gasteiger partial charge in [-0.1, -0.05) is 24.3 Å². The van der Waals surface area contributed by atoms with Crippen molar-refractivity contribution < 1.29 is 18.3 Å². The van der Waals surface area contributed by atoms with Crippen LogP contribution in [-0.4, -0.2) is 67.9 Å². The van der Waals surface area contributed by atoms with Gasteiger partial charge in [0.15, 0.2) is 0 Å². The van der Waals surface area contributed by atoms with Crippen LogP contribution in [0.2, 0.25) is 0 Å². The highest BCUT2D eigenvalue weighted by Crippen LogP contribution is 2.33. The highest BCUT2D eigenvalue weighted by atomic mass is 19.1. The molecular formula is C28H32F2N4O2. The molecule has 2 aromatic carbocycles. The van der Waals surface area contributed by atoms with Crippen molar-refractivity contribution in [1.29, 1.82) is 0 Å². The Balaban J connectivity index is 1.45. The lowest BCUT2D eigenvalue weighted by Crippen LogP contribution is -2.49. The van der Waals surface area contributed by atoms with Crippen LogP contribution in [0.1, 0.15) is 27.3 Å². The number of aromatic nitrogens is 1. The summed E-state index contributed by atoms with van der Waals surface area (Å²) >= 11 is 0. The molecule has 36 heavy (non-hydrogen) atoms. The molecule has 3 aromatic rings. The second-order valence-electron chi connectivity index (χ2n) is 9.45. The summed E-state index contributed by atoms with van der Waals surface area (Å²) < 4.78 is 35.8. The van der Waals surface area contributed by atoms with Gasteiger partial charge in [-0.25, -0.2) is 8.78 Å². The SMILES string of the molecule is Cc1c(N2CCOCC2)c(C)n(Cc2cccc(F)c2)c1C(=O)N1CCN(c2ccccc2F)CC1. The van der Waals surface area contributed by atoms with Gasteiger partial charge in [0.05, 0.1) is 24.6 Å². The van der Waals surface area contributed by atoms with E-state index in [-0.39, 0.29) is 17.5 Å². The third-order valence-corrected chi connectivity index (χ3v) is 7.25. The first-order chi connectivity index (χ1) is 17.4. The molecule has 190 valence electrons. The smallest absolute Gasteiger partial charge is 0.270 e. The van der Waals surface area contributed by atoms with Crippen LogP contribution in [0.4, 0.5) is 20.2 Å². The maximum atomic E-state index is 14.3. The number of nitrogens with zero attached hydrogens (tertiary/aromatic N) is 4. The summed E-state index contributed by atoms with van der Waals surface area (Å²) in [6.07, 6.45) is 0. The van der Waals surface area contributed by atoms with Crippen LogP contribution < -0.4 is 9.80 Å². The van der Waals surface area contributed by atoms with E-state index in [0.29, 0.717) is 57.3 Å². The van der Waals surface area contributed by atoms with Gasteiger partial charge in [-0.2, -0.15) is 0 Å². The third kappa shape index (κ3) is 4.69. The summed E-state index contributed by atoms with van der Waals surface area (Å²) in [4.78, 5) is 20.1. The van der Waals surface area contributed by atoms with E-state index in [1.165, 1.54) is 18.2 Å². The average Bonchev–Trinajstić information content (AvgIpc) is 3.13. The molecule has 8 heteroatoms. The molecule has 2 aliphatic heterocycles. The molecule has 1 amide bonds. The molecule has 6 nitrogen and oxygen atoms in total. The summed E-state index contributed by atoms with van der Waals surface area (Å²) in [5.41, 5.74) is 5.00. The van der Waals surface area contributed by atoms with Gasteiger partial charge in [0.2, 0.25) is 0 Å². The Kier molecular flexibility index (Phi) is 6.96. The first-order valence-electron chi connectivity index (χ1n) is 12.5. The zero-order valence-corrected chi connectivity index (χ0v) is 20.8. The average molecular weight is 495 g/mol. The fourth-order valence-corrected chi connectivity index (χ4v) is 5.43. The molecule has 0 atom stereocenters. The van der Waals surface area contributed by atoms with Gasteiger partial charge < -0.3 is 24.0 Å². The van der Waals surface area contributed by atoms with Gasteiger partial charge >= 0.3 is 0 Å². The first kappa shape index (κ1) is 24.3. The number of benzene rings is 2. The highest BCUT2D eigenvalue weighted by Gasteiger charge is 2.31. The Morgan fingerprint density at radius 1 is 0.889 bits per heavy atom. The fourth-order valence-electron chi connectivity index (χ4n) is 5.43. The minimum Gasteiger partial charge on any atom is -0.378 e.